The molecule has 0 amide bonds. The summed E-state index contributed by atoms with van der Waals surface area (Å²) in [6, 6.07) is 8.28. The van der Waals surface area contributed by atoms with Gasteiger partial charge in [0.2, 0.25) is 0 Å². The third-order valence-electron chi connectivity index (χ3n) is 4.17. The van der Waals surface area contributed by atoms with E-state index in [0.29, 0.717) is 19.1 Å². The average molecular weight is 472 g/mol. The molecular weight excluding hydrogens is 443 g/mol. The first kappa shape index (κ1) is 22.2. The second-order valence-corrected chi connectivity index (χ2v) is 6.04. The molecule has 7 nitrogen and oxygen atoms in total. The maximum Gasteiger partial charge on any atom is 0.192 e. The molecule has 0 aliphatic heterocycles. The van der Waals surface area contributed by atoms with E-state index < -0.39 is 0 Å². The van der Waals surface area contributed by atoms with Gasteiger partial charge in [0.1, 0.15) is 11.6 Å². The second kappa shape index (κ2) is 11.0. The lowest BCUT2D eigenvalue weighted by atomic mass is 10.2. The number of methoxy groups -OCH3 is 1. The molecule has 0 saturated carbocycles. The van der Waals surface area contributed by atoms with Crippen LogP contribution in [0.25, 0.3) is 0 Å². The van der Waals surface area contributed by atoms with Gasteiger partial charge in [0.15, 0.2) is 11.8 Å². The normalized spacial score (nSPS) is 12.3. The Balaban J connectivity index is 0.00000338. The molecule has 2 N–H and O–H groups in total. The summed E-state index contributed by atoms with van der Waals surface area (Å²) in [6.07, 6.45) is 1.02. The SMILES string of the molecule is CCC(C)NC(=NCc1ccc(OC)cc1)NCc1nnc(C)n1C.I. The number of benzene rings is 1. The van der Waals surface area contributed by atoms with Gasteiger partial charge < -0.3 is 19.9 Å². The predicted molar refractivity (Wildman–Crippen MR) is 115 cm³/mol. The van der Waals surface area contributed by atoms with Crippen LogP contribution >= 0.6 is 24.0 Å². The van der Waals surface area contributed by atoms with Crippen molar-refractivity contribution in [3.05, 3.63) is 41.5 Å². The first-order valence-corrected chi connectivity index (χ1v) is 8.56. The first-order chi connectivity index (χ1) is 12.0. The Hall–Kier alpha value is -1.84. The number of aryl methyl sites for hydroxylation is 1. The Labute approximate surface area is 172 Å². The summed E-state index contributed by atoms with van der Waals surface area (Å²) in [5.74, 6) is 3.39. The van der Waals surface area contributed by atoms with Crippen LogP contribution in [0.4, 0.5) is 0 Å². The maximum absolute atomic E-state index is 5.19. The fourth-order valence-corrected chi connectivity index (χ4v) is 2.16. The summed E-state index contributed by atoms with van der Waals surface area (Å²) < 4.78 is 7.16. The smallest absolute Gasteiger partial charge is 0.192 e. The molecule has 1 aromatic heterocycles. The molecule has 0 aliphatic rings. The number of rotatable bonds is 7. The summed E-state index contributed by atoms with van der Waals surface area (Å²) in [6.45, 7) is 7.38. The van der Waals surface area contributed by atoms with Crippen molar-refractivity contribution in [2.24, 2.45) is 12.0 Å². The van der Waals surface area contributed by atoms with Gasteiger partial charge in [-0.15, -0.1) is 34.2 Å². The van der Waals surface area contributed by atoms with Gasteiger partial charge in [0, 0.05) is 13.1 Å². The zero-order valence-corrected chi connectivity index (χ0v) is 18.4. The van der Waals surface area contributed by atoms with Crippen molar-refractivity contribution in [3.63, 3.8) is 0 Å². The number of hydrogen-bond acceptors (Lipinski definition) is 4. The molecule has 2 aromatic rings. The number of halogens is 1. The van der Waals surface area contributed by atoms with Crippen LogP contribution in [-0.2, 0) is 20.1 Å². The molecule has 1 aromatic carbocycles. The van der Waals surface area contributed by atoms with Crippen LogP contribution in [0.3, 0.4) is 0 Å². The molecule has 0 fully saturated rings. The summed E-state index contributed by atoms with van der Waals surface area (Å²) in [5, 5.41) is 15.0. The van der Waals surface area contributed by atoms with Crippen LogP contribution < -0.4 is 15.4 Å². The van der Waals surface area contributed by atoms with Crippen molar-refractivity contribution in [2.75, 3.05) is 7.11 Å². The van der Waals surface area contributed by atoms with Gasteiger partial charge >= 0.3 is 0 Å². The third-order valence-corrected chi connectivity index (χ3v) is 4.17. The Morgan fingerprint density at radius 1 is 1.27 bits per heavy atom. The van der Waals surface area contributed by atoms with Gasteiger partial charge in [-0.05, 0) is 38.0 Å². The third kappa shape index (κ3) is 6.47. The lowest BCUT2D eigenvalue weighted by Crippen LogP contribution is -2.42. The number of guanidine groups is 1. The Bertz CT molecular complexity index is 698. The topological polar surface area (TPSA) is 76.4 Å². The van der Waals surface area contributed by atoms with Crippen molar-refractivity contribution < 1.29 is 4.74 Å². The zero-order valence-electron chi connectivity index (χ0n) is 16.1. The molecular formula is C18H29IN6O. The fraction of sp³-hybridized carbons (Fsp3) is 0.500. The van der Waals surface area contributed by atoms with Crippen LogP contribution in [0.2, 0.25) is 0 Å². The van der Waals surface area contributed by atoms with Crippen LogP contribution in [0, 0.1) is 6.92 Å². The number of hydrogen-bond donors (Lipinski definition) is 2. The van der Waals surface area contributed by atoms with E-state index in [2.05, 4.69) is 39.7 Å². The molecule has 2 rings (SSSR count). The monoisotopic (exact) mass is 472 g/mol. The average Bonchev–Trinajstić information content (AvgIpc) is 2.96. The quantitative estimate of drug-likeness (QED) is 0.368. The van der Waals surface area contributed by atoms with Gasteiger partial charge in [-0.25, -0.2) is 4.99 Å². The van der Waals surface area contributed by atoms with Crippen molar-refractivity contribution in [1.82, 2.24) is 25.4 Å². The summed E-state index contributed by atoms with van der Waals surface area (Å²) in [5.41, 5.74) is 1.13. The number of aromatic nitrogens is 3. The van der Waals surface area contributed by atoms with Gasteiger partial charge in [-0.1, -0.05) is 19.1 Å². The van der Waals surface area contributed by atoms with Gasteiger partial charge in [0.05, 0.1) is 20.2 Å². The molecule has 1 atom stereocenters. The lowest BCUT2D eigenvalue weighted by Gasteiger charge is -2.17. The van der Waals surface area contributed by atoms with Gasteiger partial charge in [-0.2, -0.15) is 0 Å². The molecule has 1 unspecified atom stereocenters. The van der Waals surface area contributed by atoms with Crippen molar-refractivity contribution in [1.29, 1.82) is 0 Å². The molecule has 0 saturated heterocycles. The minimum Gasteiger partial charge on any atom is -0.497 e. The molecule has 0 bridgehead atoms. The highest BCUT2D eigenvalue weighted by atomic mass is 127. The summed E-state index contributed by atoms with van der Waals surface area (Å²) in [7, 11) is 3.63. The number of ether oxygens (including phenoxy) is 1. The Morgan fingerprint density at radius 3 is 2.50 bits per heavy atom. The highest BCUT2D eigenvalue weighted by Crippen LogP contribution is 2.11. The van der Waals surface area contributed by atoms with E-state index in [0.717, 1.165) is 35.3 Å². The molecule has 0 radical (unpaired) electrons. The summed E-state index contributed by atoms with van der Waals surface area (Å²) in [4.78, 5) is 4.69. The highest BCUT2D eigenvalue weighted by Gasteiger charge is 2.08. The molecule has 144 valence electrons. The van der Waals surface area contributed by atoms with E-state index in [4.69, 9.17) is 4.74 Å². The van der Waals surface area contributed by atoms with E-state index in [-0.39, 0.29) is 24.0 Å². The van der Waals surface area contributed by atoms with Crippen LogP contribution in [0.15, 0.2) is 29.3 Å². The lowest BCUT2D eigenvalue weighted by molar-refractivity contribution is 0.414. The highest BCUT2D eigenvalue weighted by molar-refractivity contribution is 14.0. The van der Waals surface area contributed by atoms with Crippen molar-refractivity contribution >= 4 is 29.9 Å². The van der Waals surface area contributed by atoms with E-state index in [1.165, 1.54) is 0 Å². The van der Waals surface area contributed by atoms with Crippen LogP contribution in [0.5, 0.6) is 5.75 Å². The molecule has 1 heterocycles. The fourth-order valence-electron chi connectivity index (χ4n) is 2.16. The standard InChI is InChI=1S/C18H28N6O.HI/c1-6-13(2)21-18(20-12-17-23-22-14(3)24(17)4)19-11-15-7-9-16(25-5)10-8-15;/h7-10,13H,6,11-12H2,1-5H3,(H2,19,20,21);1H. The van der Waals surface area contributed by atoms with Gasteiger partial charge in [0.25, 0.3) is 0 Å². The molecule has 0 spiro atoms. The van der Waals surface area contributed by atoms with Crippen molar-refractivity contribution in [3.8, 4) is 5.75 Å². The first-order valence-electron chi connectivity index (χ1n) is 8.56. The van der Waals surface area contributed by atoms with Crippen molar-refractivity contribution in [2.45, 2.75) is 46.3 Å². The van der Waals surface area contributed by atoms with Gasteiger partial charge in [-0.3, -0.25) is 0 Å². The van der Waals surface area contributed by atoms with E-state index >= 15 is 0 Å². The molecule has 26 heavy (non-hydrogen) atoms. The van der Waals surface area contributed by atoms with E-state index in [9.17, 15) is 0 Å². The summed E-state index contributed by atoms with van der Waals surface area (Å²) >= 11 is 0. The maximum atomic E-state index is 5.19. The minimum atomic E-state index is 0. The predicted octanol–water partition coefficient (Wildman–Crippen LogP) is 2.78. The van der Waals surface area contributed by atoms with Crippen LogP contribution in [-0.4, -0.2) is 33.9 Å². The number of aliphatic imine (C=N–C) groups is 1. The number of nitrogens with one attached hydrogen (secondary N) is 2. The second-order valence-electron chi connectivity index (χ2n) is 6.04. The largest absolute Gasteiger partial charge is 0.497 e. The number of nitrogens with zero attached hydrogens (tertiary/aromatic N) is 4. The zero-order chi connectivity index (χ0) is 18.2. The van der Waals surface area contributed by atoms with Crippen LogP contribution in [0.1, 0.15) is 37.5 Å². The van der Waals surface area contributed by atoms with E-state index in [1.54, 1.807) is 7.11 Å². The Kier molecular flexibility index (Phi) is 9.39. The van der Waals surface area contributed by atoms with E-state index in [1.807, 2.05) is 42.8 Å². The minimum absolute atomic E-state index is 0. The Morgan fingerprint density at radius 2 is 1.96 bits per heavy atom. The molecule has 8 heteroatoms. The molecule has 0 aliphatic carbocycles.